The summed E-state index contributed by atoms with van der Waals surface area (Å²) >= 11 is 0. The van der Waals surface area contributed by atoms with Crippen LogP contribution < -0.4 is 0 Å². The fourth-order valence-corrected chi connectivity index (χ4v) is 0.773. The third-order valence-electron chi connectivity index (χ3n) is 1.37. The van der Waals surface area contributed by atoms with Crippen LogP contribution in [0.2, 0.25) is 0 Å². The van der Waals surface area contributed by atoms with Crippen molar-refractivity contribution >= 4 is 0 Å². The van der Waals surface area contributed by atoms with Gasteiger partial charge in [0.1, 0.15) is 6.23 Å². The molecular formula is C6H13NO2. The van der Waals surface area contributed by atoms with Gasteiger partial charge in [0.05, 0.1) is 19.8 Å². The van der Waals surface area contributed by atoms with Gasteiger partial charge in [0.25, 0.3) is 0 Å². The molecule has 1 atom stereocenters. The van der Waals surface area contributed by atoms with Crippen LogP contribution in [0.25, 0.3) is 0 Å². The maximum absolute atomic E-state index is 5.34. The predicted octanol–water partition coefficient (Wildman–Crippen LogP) is -0.0791. The van der Waals surface area contributed by atoms with Crippen LogP contribution in [0.3, 0.4) is 0 Å². The molecule has 0 N–H and O–H groups in total. The Hall–Kier alpha value is -0.120. The molecule has 0 aromatic rings. The second-order valence-corrected chi connectivity index (χ2v) is 2.36. The smallest absolute Gasteiger partial charge is 0.133 e. The highest BCUT2D eigenvalue weighted by Gasteiger charge is 2.14. The largest absolute Gasteiger partial charge is 0.375 e. The van der Waals surface area contributed by atoms with E-state index in [0.717, 1.165) is 13.2 Å². The first-order chi connectivity index (χ1) is 4.30. The molecule has 0 aromatic heterocycles. The zero-order valence-electron chi connectivity index (χ0n) is 5.96. The number of ether oxygens (including phenoxy) is 2. The van der Waals surface area contributed by atoms with Gasteiger partial charge in [-0.05, 0) is 14.1 Å². The zero-order valence-corrected chi connectivity index (χ0v) is 5.96. The average molecular weight is 131 g/mol. The van der Waals surface area contributed by atoms with Crippen molar-refractivity contribution in [1.82, 2.24) is 4.90 Å². The Labute approximate surface area is 55.5 Å². The molecule has 0 amide bonds. The molecule has 0 radical (unpaired) electrons. The lowest BCUT2D eigenvalue weighted by Gasteiger charge is -2.27. The minimum atomic E-state index is 0.166. The quantitative estimate of drug-likeness (QED) is 0.497. The highest BCUT2D eigenvalue weighted by atomic mass is 16.6. The van der Waals surface area contributed by atoms with E-state index in [1.807, 2.05) is 19.0 Å². The maximum atomic E-state index is 5.34. The van der Waals surface area contributed by atoms with E-state index in [1.54, 1.807) is 0 Å². The molecule has 1 fully saturated rings. The monoisotopic (exact) mass is 131 g/mol. The first kappa shape index (κ1) is 6.99. The first-order valence-electron chi connectivity index (χ1n) is 3.16. The van der Waals surface area contributed by atoms with Gasteiger partial charge in [0.2, 0.25) is 0 Å². The van der Waals surface area contributed by atoms with E-state index in [0.29, 0.717) is 6.61 Å². The summed E-state index contributed by atoms with van der Waals surface area (Å²) in [5.41, 5.74) is 0. The summed E-state index contributed by atoms with van der Waals surface area (Å²) in [6.45, 7) is 2.17. The van der Waals surface area contributed by atoms with Crippen molar-refractivity contribution in [2.24, 2.45) is 0 Å². The highest BCUT2D eigenvalue weighted by Crippen LogP contribution is 2.01. The molecule has 1 rings (SSSR count). The van der Waals surface area contributed by atoms with Gasteiger partial charge in [0.15, 0.2) is 0 Å². The van der Waals surface area contributed by atoms with Crippen LogP contribution in [0.1, 0.15) is 0 Å². The van der Waals surface area contributed by atoms with Crippen molar-refractivity contribution in [3.05, 3.63) is 0 Å². The first-order valence-corrected chi connectivity index (χ1v) is 3.16. The van der Waals surface area contributed by atoms with Crippen LogP contribution in [0.4, 0.5) is 0 Å². The van der Waals surface area contributed by atoms with E-state index in [9.17, 15) is 0 Å². The lowest BCUT2D eigenvalue weighted by molar-refractivity contribution is -0.141. The van der Waals surface area contributed by atoms with E-state index in [1.165, 1.54) is 0 Å². The topological polar surface area (TPSA) is 21.7 Å². The SMILES string of the molecule is CN(C)C1COCCO1. The summed E-state index contributed by atoms with van der Waals surface area (Å²) in [5.74, 6) is 0. The van der Waals surface area contributed by atoms with Gasteiger partial charge in [-0.3, -0.25) is 4.90 Å². The Morgan fingerprint density at radius 1 is 1.33 bits per heavy atom. The Bertz CT molecular complexity index is 79.1. The molecule has 0 bridgehead atoms. The van der Waals surface area contributed by atoms with Crippen LogP contribution in [-0.2, 0) is 9.47 Å². The van der Waals surface area contributed by atoms with Crippen molar-refractivity contribution < 1.29 is 9.47 Å². The second kappa shape index (κ2) is 3.15. The molecule has 54 valence electrons. The molecule has 0 aliphatic carbocycles. The van der Waals surface area contributed by atoms with E-state index < -0.39 is 0 Å². The van der Waals surface area contributed by atoms with E-state index in [4.69, 9.17) is 9.47 Å². The number of hydrogen-bond donors (Lipinski definition) is 0. The Kier molecular flexibility index (Phi) is 2.45. The molecule has 1 aliphatic heterocycles. The average Bonchev–Trinajstić information content (AvgIpc) is 1.90. The fourth-order valence-electron chi connectivity index (χ4n) is 0.773. The molecule has 0 aromatic carbocycles. The fraction of sp³-hybridized carbons (Fsp3) is 1.00. The summed E-state index contributed by atoms with van der Waals surface area (Å²) in [6.07, 6.45) is 0.166. The minimum Gasteiger partial charge on any atom is -0.375 e. The maximum Gasteiger partial charge on any atom is 0.133 e. The van der Waals surface area contributed by atoms with Crippen LogP contribution in [-0.4, -0.2) is 45.0 Å². The molecule has 1 saturated heterocycles. The Balaban J connectivity index is 2.23. The molecule has 0 spiro atoms. The third-order valence-corrected chi connectivity index (χ3v) is 1.37. The number of nitrogens with zero attached hydrogens (tertiary/aromatic N) is 1. The van der Waals surface area contributed by atoms with Crippen LogP contribution in [0.15, 0.2) is 0 Å². The lowest BCUT2D eigenvalue weighted by atomic mass is 10.5. The highest BCUT2D eigenvalue weighted by molar-refractivity contribution is 4.55. The third kappa shape index (κ3) is 1.93. The van der Waals surface area contributed by atoms with E-state index >= 15 is 0 Å². The van der Waals surface area contributed by atoms with Crippen molar-refractivity contribution in [3.8, 4) is 0 Å². The summed E-state index contributed by atoms with van der Waals surface area (Å²) in [4.78, 5) is 2.01. The van der Waals surface area contributed by atoms with E-state index in [2.05, 4.69) is 0 Å². The van der Waals surface area contributed by atoms with Crippen LogP contribution >= 0.6 is 0 Å². The molecule has 3 nitrogen and oxygen atoms in total. The molecule has 1 heterocycles. The Morgan fingerprint density at radius 2 is 2.11 bits per heavy atom. The molecule has 9 heavy (non-hydrogen) atoms. The summed E-state index contributed by atoms with van der Waals surface area (Å²) in [6, 6.07) is 0. The zero-order chi connectivity index (χ0) is 6.69. The van der Waals surface area contributed by atoms with Gasteiger partial charge < -0.3 is 9.47 Å². The van der Waals surface area contributed by atoms with Gasteiger partial charge in [-0.25, -0.2) is 0 Å². The summed E-state index contributed by atoms with van der Waals surface area (Å²) < 4.78 is 10.5. The number of rotatable bonds is 1. The Morgan fingerprint density at radius 3 is 2.44 bits per heavy atom. The normalized spacial score (nSPS) is 29.0. The van der Waals surface area contributed by atoms with Crippen LogP contribution in [0, 0.1) is 0 Å². The molecule has 3 heteroatoms. The van der Waals surface area contributed by atoms with Crippen molar-refractivity contribution in [1.29, 1.82) is 0 Å². The van der Waals surface area contributed by atoms with Gasteiger partial charge >= 0.3 is 0 Å². The number of hydrogen-bond acceptors (Lipinski definition) is 3. The molecule has 0 saturated carbocycles. The molecular weight excluding hydrogens is 118 g/mol. The molecule has 1 unspecified atom stereocenters. The van der Waals surface area contributed by atoms with Crippen molar-refractivity contribution in [2.75, 3.05) is 33.9 Å². The van der Waals surface area contributed by atoms with Crippen molar-refractivity contribution in [3.63, 3.8) is 0 Å². The standard InChI is InChI=1S/C6H13NO2/c1-7(2)6-5-8-3-4-9-6/h6H,3-5H2,1-2H3. The minimum absolute atomic E-state index is 0.166. The van der Waals surface area contributed by atoms with E-state index in [-0.39, 0.29) is 6.23 Å². The molecule has 1 aliphatic rings. The van der Waals surface area contributed by atoms with Gasteiger partial charge in [-0.1, -0.05) is 0 Å². The van der Waals surface area contributed by atoms with Gasteiger partial charge in [0, 0.05) is 0 Å². The van der Waals surface area contributed by atoms with Gasteiger partial charge in [-0.15, -0.1) is 0 Å². The lowest BCUT2D eigenvalue weighted by Crippen LogP contribution is -2.39. The summed E-state index contributed by atoms with van der Waals surface area (Å²) in [5, 5.41) is 0. The number of likely N-dealkylation sites (N-methyl/N-ethyl adjacent to an activating group) is 1. The van der Waals surface area contributed by atoms with Crippen molar-refractivity contribution in [2.45, 2.75) is 6.23 Å². The van der Waals surface area contributed by atoms with Crippen LogP contribution in [0.5, 0.6) is 0 Å². The van der Waals surface area contributed by atoms with Gasteiger partial charge in [-0.2, -0.15) is 0 Å². The summed E-state index contributed by atoms with van der Waals surface area (Å²) in [7, 11) is 3.97. The second-order valence-electron chi connectivity index (χ2n) is 2.36. The predicted molar refractivity (Wildman–Crippen MR) is 34.2 cm³/mol.